The quantitative estimate of drug-likeness (QED) is 0.714. The molecule has 18 heavy (non-hydrogen) atoms. The van der Waals surface area contributed by atoms with Crippen LogP contribution in [0.4, 0.5) is 5.82 Å². The molecule has 98 valence electrons. The van der Waals surface area contributed by atoms with E-state index in [-0.39, 0.29) is 18.5 Å². The fraction of sp³-hybridized carbons (Fsp3) is 0.636. The van der Waals surface area contributed by atoms with Gasteiger partial charge in [-0.25, -0.2) is 4.79 Å². The highest BCUT2D eigenvalue weighted by Crippen LogP contribution is 2.43. The van der Waals surface area contributed by atoms with Gasteiger partial charge in [0.2, 0.25) is 0 Å². The van der Waals surface area contributed by atoms with Crippen molar-refractivity contribution >= 4 is 5.82 Å². The largest absolute Gasteiger partial charge is 0.393 e. The number of ether oxygens (including phenoxy) is 2. The van der Waals surface area contributed by atoms with Gasteiger partial charge in [0.15, 0.2) is 6.23 Å². The second-order valence-electron chi connectivity index (χ2n) is 4.90. The lowest BCUT2D eigenvalue weighted by molar-refractivity contribution is -0.184. The molecule has 3 N–H and O–H groups in total. The molecule has 1 aromatic rings. The maximum Gasteiger partial charge on any atom is 0.351 e. The van der Waals surface area contributed by atoms with Crippen LogP contribution in [0.2, 0.25) is 0 Å². The minimum Gasteiger partial charge on any atom is -0.393 e. The zero-order chi connectivity index (χ0) is 12.9. The van der Waals surface area contributed by atoms with E-state index in [2.05, 4.69) is 4.98 Å². The van der Waals surface area contributed by atoms with Crippen LogP contribution < -0.4 is 11.4 Å². The van der Waals surface area contributed by atoms with Crippen molar-refractivity contribution < 1.29 is 14.6 Å². The van der Waals surface area contributed by atoms with Crippen LogP contribution in [-0.4, -0.2) is 39.6 Å². The third-order valence-electron chi connectivity index (χ3n) is 3.56. The van der Waals surface area contributed by atoms with Crippen molar-refractivity contribution in [3.63, 3.8) is 0 Å². The van der Waals surface area contributed by atoms with Crippen molar-refractivity contribution in [3.8, 4) is 0 Å². The molecule has 7 heteroatoms. The van der Waals surface area contributed by atoms with Gasteiger partial charge in [0.05, 0.1) is 13.2 Å². The van der Waals surface area contributed by atoms with Crippen molar-refractivity contribution in [2.45, 2.75) is 31.3 Å². The number of fused-ring (bicyclic) bond motifs is 2. The summed E-state index contributed by atoms with van der Waals surface area (Å²) in [6, 6.07) is 0. The molecule has 3 rings (SSSR count). The van der Waals surface area contributed by atoms with E-state index in [0.717, 1.165) is 0 Å². The molecule has 2 aliphatic heterocycles. The first-order valence-electron chi connectivity index (χ1n) is 5.80. The number of nitrogens with two attached hydrogens (primary N) is 1. The molecular formula is C11H15N3O4. The second kappa shape index (κ2) is 3.78. The van der Waals surface area contributed by atoms with Gasteiger partial charge in [0.1, 0.15) is 17.5 Å². The Kier molecular flexibility index (Phi) is 2.44. The molecule has 1 aromatic heterocycles. The zero-order valence-corrected chi connectivity index (χ0v) is 10.00. The number of hydrogen-bond acceptors (Lipinski definition) is 6. The van der Waals surface area contributed by atoms with E-state index in [1.54, 1.807) is 13.1 Å². The molecule has 2 aliphatic rings. The molecule has 3 atom stereocenters. The Morgan fingerprint density at radius 2 is 2.50 bits per heavy atom. The molecule has 0 aliphatic carbocycles. The molecule has 2 bridgehead atoms. The Morgan fingerprint density at radius 1 is 1.72 bits per heavy atom. The average Bonchev–Trinajstić information content (AvgIpc) is 2.92. The van der Waals surface area contributed by atoms with Crippen LogP contribution in [-0.2, 0) is 9.47 Å². The van der Waals surface area contributed by atoms with Crippen LogP contribution >= 0.6 is 0 Å². The summed E-state index contributed by atoms with van der Waals surface area (Å²) in [6.07, 6.45) is 1.44. The maximum atomic E-state index is 11.8. The van der Waals surface area contributed by atoms with Crippen molar-refractivity contribution in [1.82, 2.24) is 9.55 Å². The SMILES string of the molecule is Cc1cn([C@@H]2O[C@@]3(CO)CO[C@@H]2C3)c(=O)nc1N. The number of nitrogens with zero attached hydrogens (tertiary/aromatic N) is 2. The van der Waals surface area contributed by atoms with E-state index in [4.69, 9.17) is 15.2 Å². The highest BCUT2D eigenvalue weighted by molar-refractivity contribution is 5.35. The van der Waals surface area contributed by atoms with Gasteiger partial charge in [-0.05, 0) is 6.92 Å². The van der Waals surface area contributed by atoms with E-state index >= 15 is 0 Å². The van der Waals surface area contributed by atoms with Crippen molar-refractivity contribution in [3.05, 3.63) is 22.2 Å². The summed E-state index contributed by atoms with van der Waals surface area (Å²) < 4.78 is 12.7. The van der Waals surface area contributed by atoms with Crippen LogP contribution in [0, 0.1) is 6.92 Å². The van der Waals surface area contributed by atoms with Gasteiger partial charge in [-0.2, -0.15) is 4.98 Å². The van der Waals surface area contributed by atoms with Crippen LogP contribution in [0.15, 0.2) is 11.0 Å². The van der Waals surface area contributed by atoms with Gasteiger partial charge in [0.25, 0.3) is 0 Å². The number of aliphatic hydroxyl groups is 1. The number of aryl methyl sites for hydroxylation is 1. The third-order valence-corrected chi connectivity index (χ3v) is 3.56. The summed E-state index contributed by atoms with van der Waals surface area (Å²) >= 11 is 0. The molecule has 0 unspecified atom stereocenters. The fourth-order valence-corrected chi connectivity index (χ4v) is 2.49. The monoisotopic (exact) mass is 253 g/mol. The van der Waals surface area contributed by atoms with E-state index in [1.807, 2.05) is 0 Å². The normalized spacial score (nSPS) is 34.1. The summed E-state index contributed by atoms with van der Waals surface area (Å²) in [5, 5.41) is 9.35. The van der Waals surface area contributed by atoms with Crippen molar-refractivity contribution in [1.29, 1.82) is 0 Å². The van der Waals surface area contributed by atoms with E-state index in [9.17, 15) is 9.90 Å². The zero-order valence-electron chi connectivity index (χ0n) is 10.00. The van der Waals surface area contributed by atoms with Gasteiger partial charge in [-0.15, -0.1) is 0 Å². The molecule has 0 radical (unpaired) electrons. The van der Waals surface area contributed by atoms with Gasteiger partial charge in [-0.3, -0.25) is 4.57 Å². The first-order chi connectivity index (χ1) is 8.54. The molecule has 0 spiro atoms. The lowest BCUT2D eigenvalue weighted by atomic mass is 10.0. The summed E-state index contributed by atoms with van der Waals surface area (Å²) in [5.74, 6) is 0.220. The molecule has 0 aromatic carbocycles. The minimum absolute atomic E-state index is 0.115. The third kappa shape index (κ3) is 1.55. The van der Waals surface area contributed by atoms with Crippen molar-refractivity contribution in [2.75, 3.05) is 18.9 Å². The topological polar surface area (TPSA) is 99.6 Å². The fourth-order valence-electron chi connectivity index (χ4n) is 2.49. The highest BCUT2D eigenvalue weighted by atomic mass is 16.6. The van der Waals surface area contributed by atoms with Gasteiger partial charge in [-0.1, -0.05) is 0 Å². The van der Waals surface area contributed by atoms with E-state index < -0.39 is 17.5 Å². The molecule has 3 heterocycles. The van der Waals surface area contributed by atoms with E-state index in [0.29, 0.717) is 18.6 Å². The van der Waals surface area contributed by atoms with Crippen LogP contribution in [0.3, 0.4) is 0 Å². The lowest BCUT2D eigenvalue weighted by Crippen LogP contribution is -2.41. The predicted molar refractivity (Wildman–Crippen MR) is 61.9 cm³/mol. The van der Waals surface area contributed by atoms with E-state index in [1.165, 1.54) is 4.57 Å². The first-order valence-corrected chi connectivity index (χ1v) is 5.80. The second-order valence-corrected chi connectivity index (χ2v) is 4.90. The van der Waals surface area contributed by atoms with Crippen LogP contribution in [0.1, 0.15) is 18.2 Å². The Balaban J connectivity index is 1.98. The van der Waals surface area contributed by atoms with Gasteiger partial charge >= 0.3 is 5.69 Å². The smallest absolute Gasteiger partial charge is 0.351 e. The highest BCUT2D eigenvalue weighted by Gasteiger charge is 2.54. The van der Waals surface area contributed by atoms with Crippen molar-refractivity contribution in [2.24, 2.45) is 0 Å². The van der Waals surface area contributed by atoms with Crippen LogP contribution in [0.5, 0.6) is 0 Å². The van der Waals surface area contributed by atoms with Gasteiger partial charge in [0, 0.05) is 18.2 Å². The average molecular weight is 253 g/mol. The summed E-state index contributed by atoms with van der Waals surface area (Å²) in [4.78, 5) is 15.6. The number of anilines is 1. The summed E-state index contributed by atoms with van der Waals surface area (Å²) in [7, 11) is 0. The lowest BCUT2D eigenvalue weighted by Gasteiger charge is -2.30. The number of nitrogen functional groups attached to an aromatic ring is 1. The molecule has 0 saturated carbocycles. The van der Waals surface area contributed by atoms with Gasteiger partial charge < -0.3 is 20.3 Å². The Labute approximate surface area is 103 Å². The molecular weight excluding hydrogens is 238 g/mol. The molecule has 0 amide bonds. The number of aromatic nitrogens is 2. The minimum atomic E-state index is -0.677. The number of rotatable bonds is 2. The number of hydrogen-bond donors (Lipinski definition) is 2. The van der Waals surface area contributed by atoms with Crippen LogP contribution in [0.25, 0.3) is 0 Å². The summed E-state index contributed by atoms with van der Waals surface area (Å²) in [5.41, 5.74) is 5.15. The Hall–Kier alpha value is -1.44. The molecule has 7 nitrogen and oxygen atoms in total. The Bertz CT molecular complexity index is 544. The maximum absolute atomic E-state index is 11.8. The predicted octanol–water partition coefficient (Wildman–Crippen LogP) is -0.817. The number of aliphatic hydroxyl groups excluding tert-OH is 1. The first kappa shape index (κ1) is 11.6. The molecule has 2 fully saturated rings. The standard InChI is InChI=1S/C11H15N3O4/c1-6-3-14(10(16)13-8(6)12)9-7-2-11(4-15,18-9)5-17-7/h3,7,9,15H,2,4-5H2,1H3,(H2,12,13,16)/t7-,9-,11+/m1/s1. The molecule has 2 saturated heterocycles. The Morgan fingerprint density at radius 3 is 3.17 bits per heavy atom. The summed E-state index contributed by atoms with van der Waals surface area (Å²) in [6.45, 7) is 2.02.